The van der Waals surface area contributed by atoms with Crippen LogP contribution >= 0.6 is 23.4 Å². The van der Waals surface area contributed by atoms with Gasteiger partial charge >= 0.3 is 0 Å². The van der Waals surface area contributed by atoms with Gasteiger partial charge in [0, 0.05) is 10.9 Å². The van der Waals surface area contributed by atoms with Gasteiger partial charge in [0.15, 0.2) is 0 Å². The zero-order chi connectivity index (χ0) is 14.0. The molecule has 0 aliphatic carbocycles. The molecule has 1 aromatic heterocycles. The fraction of sp³-hybridized carbons (Fsp3) is 0.357. The quantitative estimate of drug-likeness (QED) is 0.870. The molecule has 0 saturated carbocycles. The molecule has 0 spiro atoms. The second-order valence-electron chi connectivity index (χ2n) is 4.64. The number of hydrogen-bond acceptors (Lipinski definition) is 3. The molecule has 2 aromatic rings. The van der Waals surface area contributed by atoms with E-state index in [4.69, 9.17) is 17.3 Å². The number of nitrogens with two attached hydrogens (primary N) is 1. The largest absolute Gasteiger partial charge is 0.319 e. The van der Waals surface area contributed by atoms with Crippen molar-refractivity contribution in [2.75, 3.05) is 6.26 Å². The summed E-state index contributed by atoms with van der Waals surface area (Å²) < 4.78 is 1.89. The average molecular weight is 296 g/mol. The molecule has 102 valence electrons. The van der Waals surface area contributed by atoms with Crippen LogP contribution in [0.4, 0.5) is 0 Å². The van der Waals surface area contributed by atoms with Crippen LogP contribution in [0.3, 0.4) is 0 Å². The fourth-order valence-corrected chi connectivity index (χ4v) is 3.02. The zero-order valence-electron chi connectivity index (χ0n) is 11.3. The number of halogens is 1. The lowest BCUT2D eigenvalue weighted by molar-refractivity contribution is 0.498. The van der Waals surface area contributed by atoms with Crippen LogP contribution in [0.5, 0.6) is 0 Å². The Kier molecular flexibility index (Phi) is 4.55. The molecule has 0 aliphatic heterocycles. The summed E-state index contributed by atoms with van der Waals surface area (Å²) in [7, 11) is 0. The Bertz CT molecular complexity index is 566. The molecule has 0 aliphatic rings. The molecule has 0 amide bonds. The molecule has 1 aromatic carbocycles. The van der Waals surface area contributed by atoms with Crippen molar-refractivity contribution < 1.29 is 0 Å². The first-order chi connectivity index (χ1) is 9.06. The highest BCUT2D eigenvalue weighted by Crippen LogP contribution is 2.32. The number of aromatic nitrogens is 2. The average Bonchev–Trinajstić information content (AvgIpc) is 2.80. The van der Waals surface area contributed by atoms with Crippen molar-refractivity contribution >= 4 is 23.4 Å². The van der Waals surface area contributed by atoms with E-state index in [9.17, 15) is 0 Å². The normalized spacial score (nSPS) is 12.9. The van der Waals surface area contributed by atoms with Gasteiger partial charge in [-0.2, -0.15) is 5.10 Å². The van der Waals surface area contributed by atoms with Gasteiger partial charge in [0.1, 0.15) is 0 Å². The molecule has 1 atom stereocenters. The van der Waals surface area contributed by atoms with E-state index in [1.54, 1.807) is 18.0 Å². The number of hydrogen-bond donors (Lipinski definition) is 1. The molecule has 0 bridgehead atoms. The van der Waals surface area contributed by atoms with Gasteiger partial charge in [-0.1, -0.05) is 29.8 Å². The highest BCUT2D eigenvalue weighted by Gasteiger charge is 2.21. The third-order valence-electron chi connectivity index (χ3n) is 3.04. The van der Waals surface area contributed by atoms with E-state index in [0.29, 0.717) is 5.02 Å². The van der Waals surface area contributed by atoms with Gasteiger partial charge in [0.05, 0.1) is 23.0 Å². The zero-order valence-corrected chi connectivity index (χ0v) is 12.9. The van der Waals surface area contributed by atoms with E-state index >= 15 is 0 Å². The van der Waals surface area contributed by atoms with E-state index in [-0.39, 0.29) is 12.1 Å². The van der Waals surface area contributed by atoms with Gasteiger partial charge in [0.25, 0.3) is 0 Å². The van der Waals surface area contributed by atoms with Crippen LogP contribution < -0.4 is 5.73 Å². The minimum absolute atomic E-state index is 0.231. The van der Waals surface area contributed by atoms with Crippen molar-refractivity contribution in [3.63, 3.8) is 0 Å². The van der Waals surface area contributed by atoms with Crippen molar-refractivity contribution in [3.05, 3.63) is 46.7 Å². The lowest BCUT2D eigenvalue weighted by Gasteiger charge is -2.19. The molecule has 2 rings (SSSR count). The number of rotatable bonds is 4. The van der Waals surface area contributed by atoms with Crippen molar-refractivity contribution in [2.45, 2.75) is 30.8 Å². The predicted molar refractivity (Wildman–Crippen MR) is 81.9 cm³/mol. The van der Waals surface area contributed by atoms with Crippen LogP contribution in [-0.2, 0) is 0 Å². The summed E-state index contributed by atoms with van der Waals surface area (Å²) in [5.74, 6) is 0. The Morgan fingerprint density at radius 3 is 2.63 bits per heavy atom. The minimum Gasteiger partial charge on any atom is -0.319 e. The van der Waals surface area contributed by atoms with Gasteiger partial charge in [-0.05, 0) is 31.7 Å². The summed E-state index contributed by atoms with van der Waals surface area (Å²) in [4.78, 5) is 1.17. The first-order valence-electron chi connectivity index (χ1n) is 6.17. The summed E-state index contributed by atoms with van der Waals surface area (Å²) in [5, 5.41) is 4.94. The second kappa shape index (κ2) is 5.99. The van der Waals surface area contributed by atoms with Gasteiger partial charge in [0.2, 0.25) is 0 Å². The molecule has 0 fully saturated rings. The van der Waals surface area contributed by atoms with E-state index < -0.39 is 0 Å². The number of thioether (sulfide) groups is 1. The topological polar surface area (TPSA) is 43.8 Å². The van der Waals surface area contributed by atoms with Gasteiger partial charge < -0.3 is 5.73 Å². The third-order valence-corrected chi connectivity index (χ3v) is 4.15. The van der Waals surface area contributed by atoms with Crippen molar-refractivity contribution in [1.82, 2.24) is 9.78 Å². The predicted octanol–water partition coefficient (Wildman–Crippen LogP) is 3.89. The summed E-state index contributed by atoms with van der Waals surface area (Å²) in [5.41, 5.74) is 8.37. The summed E-state index contributed by atoms with van der Waals surface area (Å²) in [6, 6.07) is 8.10. The minimum atomic E-state index is -0.263. The Morgan fingerprint density at radius 1 is 1.32 bits per heavy atom. The molecule has 0 saturated heterocycles. The molecule has 1 unspecified atom stereocenters. The lowest BCUT2D eigenvalue weighted by atomic mass is 10.0. The maximum Gasteiger partial charge on any atom is 0.0837 e. The Morgan fingerprint density at radius 2 is 2.00 bits per heavy atom. The van der Waals surface area contributed by atoms with Gasteiger partial charge in [-0.25, -0.2) is 0 Å². The first kappa shape index (κ1) is 14.4. The summed E-state index contributed by atoms with van der Waals surface area (Å²) in [6.45, 7) is 4.14. The maximum absolute atomic E-state index is 6.42. The van der Waals surface area contributed by atoms with Gasteiger partial charge in [-0.15, -0.1) is 11.8 Å². The van der Waals surface area contributed by atoms with E-state index in [2.05, 4.69) is 25.0 Å². The standard InChI is InChI=1S/C14H18ClN3S/c1-9(2)18-14(11(15)8-17-18)13(16)10-6-4-5-7-12(10)19-3/h4-9,13H,16H2,1-3H3. The molecular weight excluding hydrogens is 278 g/mol. The van der Waals surface area contributed by atoms with Gasteiger partial charge in [-0.3, -0.25) is 4.68 Å². The lowest BCUT2D eigenvalue weighted by Crippen LogP contribution is -2.19. The van der Waals surface area contributed by atoms with Crippen LogP contribution in [0.2, 0.25) is 5.02 Å². The van der Waals surface area contributed by atoms with Crippen molar-refractivity contribution in [1.29, 1.82) is 0 Å². The molecule has 0 radical (unpaired) electrons. The van der Waals surface area contributed by atoms with Crippen LogP contribution in [-0.4, -0.2) is 16.0 Å². The van der Waals surface area contributed by atoms with E-state index in [0.717, 1.165) is 11.3 Å². The Hall–Kier alpha value is -0.970. The highest BCUT2D eigenvalue weighted by molar-refractivity contribution is 7.98. The maximum atomic E-state index is 6.42. The van der Waals surface area contributed by atoms with Crippen LogP contribution in [0.15, 0.2) is 35.4 Å². The van der Waals surface area contributed by atoms with E-state index in [1.807, 2.05) is 29.1 Å². The molecule has 19 heavy (non-hydrogen) atoms. The smallest absolute Gasteiger partial charge is 0.0837 e. The molecule has 2 N–H and O–H groups in total. The summed E-state index contributed by atoms with van der Waals surface area (Å²) >= 11 is 7.95. The van der Waals surface area contributed by atoms with Crippen molar-refractivity contribution in [3.8, 4) is 0 Å². The molecule has 1 heterocycles. The number of benzene rings is 1. The third kappa shape index (κ3) is 2.81. The molecule has 3 nitrogen and oxygen atoms in total. The fourth-order valence-electron chi connectivity index (χ4n) is 2.12. The summed E-state index contributed by atoms with van der Waals surface area (Å²) in [6.07, 6.45) is 3.71. The number of nitrogens with zero attached hydrogens (tertiary/aromatic N) is 2. The van der Waals surface area contributed by atoms with Crippen LogP contribution in [0, 0.1) is 0 Å². The monoisotopic (exact) mass is 295 g/mol. The van der Waals surface area contributed by atoms with E-state index in [1.165, 1.54) is 4.90 Å². The Balaban J connectivity index is 2.50. The first-order valence-corrected chi connectivity index (χ1v) is 7.78. The SMILES string of the molecule is CSc1ccccc1C(N)c1c(Cl)cnn1C(C)C. The Labute approximate surface area is 123 Å². The van der Waals surface area contributed by atoms with Crippen molar-refractivity contribution in [2.24, 2.45) is 5.73 Å². The van der Waals surface area contributed by atoms with Crippen LogP contribution in [0.25, 0.3) is 0 Å². The molecular formula is C14H18ClN3S. The highest BCUT2D eigenvalue weighted by atomic mass is 35.5. The molecule has 5 heteroatoms. The van der Waals surface area contributed by atoms with Crippen LogP contribution in [0.1, 0.15) is 37.2 Å². The second-order valence-corrected chi connectivity index (χ2v) is 5.89.